The Kier molecular flexibility index (Phi) is 6.12. The average Bonchev–Trinajstić information content (AvgIpc) is 2.68. The van der Waals surface area contributed by atoms with E-state index in [1.165, 1.54) is 31.4 Å². The maximum atomic E-state index is 14.3. The van der Waals surface area contributed by atoms with E-state index in [0.29, 0.717) is 37.1 Å². The molecule has 0 saturated carbocycles. The summed E-state index contributed by atoms with van der Waals surface area (Å²) in [6, 6.07) is 8.76. The van der Waals surface area contributed by atoms with Gasteiger partial charge in [-0.15, -0.1) is 0 Å². The minimum Gasteiger partial charge on any atom is -0.494 e. The van der Waals surface area contributed by atoms with Crippen molar-refractivity contribution in [3.05, 3.63) is 65.0 Å². The van der Waals surface area contributed by atoms with Crippen LogP contribution in [0, 0.1) is 11.7 Å². The number of piperidine rings is 1. The maximum absolute atomic E-state index is 14.3. The number of ether oxygens (including phenoxy) is 1. The van der Waals surface area contributed by atoms with E-state index in [1.54, 1.807) is 6.07 Å². The smallest absolute Gasteiger partial charge is 0.416 e. The van der Waals surface area contributed by atoms with Crippen LogP contribution in [0.4, 0.5) is 17.6 Å². The highest BCUT2D eigenvalue weighted by molar-refractivity contribution is 5.70. The van der Waals surface area contributed by atoms with Crippen LogP contribution in [0.1, 0.15) is 35.6 Å². The van der Waals surface area contributed by atoms with E-state index in [1.807, 2.05) is 4.90 Å². The molecular weight excluding hydrogens is 390 g/mol. The van der Waals surface area contributed by atoms with Crippen LogP contribution in [-0.4, -0.2) is 36.2 Å². The van der Waals surface area contributed by atoms with E-state index in [0.717, 1.165) is 12.1 Å². The van der Waals surface area contributed by atoms with Gasteiger partial charge in [0.25, 0.3) is 0 Å². The monoisotopic (exact) mass is 411 g/mol. The Morgan fingerprint density at radius 2 is 1.69 bits per heavy atom. The lowest BCUT2D eigenvalue weighted by molar-refractivity contribution is -0.143. The molecule has 1 atom stereocenters. The number of halogens is 4. The molecule has 0 bridgehead atoms. The number of carbonyl (C=O) groups is 1. The summed E-state index contributed by atoms with van der Waals surface area (Å²) >= 11 is 0. The molecule has 0 spiro atoms. The van der Waals surface area contributed by atoms with Crippen molar-refractivity contribution in [2.75, 3.05) is 20.2 Å². The summed E-state index contributed by atoms with van der Waals surface area (Å²) in [5.41, 5.74) is 0.388. The van der Waals surface area contributed by atoms with Crippen molar-refractivity contribution in [3.8, 4) is 5.75 Å². The van der Waals surface area contributed by atoms with Gasteiger partial charge < -0.3 is 9.84 Å². The van der Waals surface area contributed by atoms with Crippen LogP contribution in [0.15, 0.2) is 42.5 Å². The van der Waals surface area contributed by atoms with Crippen LogP contribution < -0.4 is 4.74 Å². The Bertz CT molecular complexity index is 859. The highest BCUT2D eigenvalue weighted by atomic mass is 19.4. The van der Waals surface area contributed by atoms with E-state index >= 15 is 0 Å². The first-order valence-electron chi connectivity index (χ1n) is 9.18. The predicted octanol–water partition coefficient (Wildman–Crippen LogP) is 4.74. The lowest BCUT2D eigenvalue weighted by Gasteiger charge is -2.37. The minimum absolute atomic E-state index is 0.0736. The molecule has 1 aliphatic rings. The van der Waals surface area contributed by atoms with E-state index in [-0.39, 0.29) is 5.75 Å². The van der Waals surface area contributed by atoms with Crippen LogP contribution in [-0.2, 0) is 11.0 Å². The summed E-state index contributed by atoms with van der Waals surface area (Å²) in [4.78, 5) is 13.2. The number of alkyl halides is 3. The first-order valence-corrected chi connectivity index (χ1v) is 9.18. The lowest BCUT2D eigenvalue weighted by atomic mass is 9.91. The Hall–Kier alpha value is -2.61. The Morgan fingerprint density at radius 3 is 2.17 bits per heavy atom. The summed E-state index contributed by atoms with van der Waals surface area (Å²) in [5.74, 6) is -1.80. The molecule has 3 rings (SSSR count). The number of methoxy groups -OCH3 is 1. The summed E-state index contributed by atoms with van der Waals surface area (Å²) in [6.07, 6.45) is -3.60. The topological polar surface area (TPSA) is 49.8 Å². The van der Waals surface area contributed by atoms with Crippen molar-refractivity contribution < 1.29 is 32.2 Å². The van der Waals surface area contributed by atoms with Gasteiger partial charge in [-0.1, -0.05) is 18.2 Å². The fourth-order valence-corrected chi connectivity index (χ4v) is 3.73. The summed E-state index contributed by atoms with van der Waals surface area (Å²) in [7, 11) is 1.35. The first kappa shape index (κ1) is 21.1. The fourth-order valence-electron chi connectivity index (χ4n) is 3.73. The molecule has 1 unspecified atom stereocenters. The SMILES string of the molecule is COc1ccc(C(c2ccc(C(F)(F)F)cc2)N2CCC(C(=O)O)CC2)cc1F. The van der Waals surface area contributed by atoms with Gasteiger partial charge in [0.05, 0.1) is 24.6 Å². The van der Waals surface area contributed by atoms with Crippen molar-refractivity contribution in [2.24, 2.45) is 5.92 Å². The minimum atomic E-state index is -4.44. The number of carboxylic acid groups (broad SMARTS) is 1. The maximum Gasteiger partial charge on any atom is 0.416 e. The number of carboxylic acids is 1. The van der Waals surface area contributed by atoms with E-state index in [4.69, 9.17) is 4.74 Å². The highest BCUT2D eigenvalue weighted by Crippen LogP contribution is 2.36. The zero-order valence-corrected chi connectivity index (χ0v) is 15.7. The Morgan fingerprint density at radius 1 is 1.10 bits per heavy atom. The zero-order chi connectivity index (χ0) is 21.2. The molecule has 0 aliphatic carbocycles. The standard InChI is InChI=1S/C21H21F4NO3/c1-29-18-7-4-15(12-17(18)22)19(26-10-8-14(9-11-26)20(27)28)13-2-5-16(6-3-13)21(23,24)25/h2-7,12,14,19H,8-11H2,1H3,(H,27,28). The van der Waals surface area contributed by atoms with Gasteiger partial charge in [-0.3, -0.25) is 9.69 Å². The summed E-state index contributed by atoms with van der Waals surface area (Å²) in [6.45, 7) is 0.882. The molecular formula is C21H21F4NO3. The third-order valence-corrected chi connectivity index (χ3v) is 5.29. The van der Waals surface area contributed by atoms with E-state index in [2.05, 4.69) is 0 Å². The van der Waals surface area contributed by atoms with Gasteiger partial charge in [0, 0.05) is 0 Å². The number of nitrogens with zero attached hydrogens (tertiary/aromatic N) is 1. The molecule has 2 aromatic carbocycles. The van der Waals surface area contributed by atoms with Crippen molar-refractivity contribution in [2.45, 2.75) is 25.1 Å². The van der Waals surface area contributed by atoms with Crippen LogP contribution in [0.3, 0.4) is 0 Å². The number of hydrogen-bond donors (Lipinski definition) is 1. The van der Waals surface area contributed by atoms with Crippen molar-refractivity contribution in [1.82, 2.24) is 4.90 Å². The van der Waals surface area contributed by atoms with Crippen molar-refractivity contribution in [1.29, 1.82) is 0 Å². The van der Waals surface area contributed by atoms with Gasteiger partial charge in [-0.25, -0.2) is 4.39 Å². The van der Waals surface area contributed by atoms with Gasteiger partial charge in [0.15, 0.2) is 11.6 Å². The molecule has 0 aromatic heterocycles. The third-order valence-electron chi connectivity index (χ3n) is 5.29. The summed E-state index contributed by atoms with van der Waals surface area (Å²) in [5, 5.41) is 9.21. The van der Waals surface area contributed by atoms with E-state index < -0.39 is 35.5 Å². The fraction of sp³-hybridized carbons (Fsp3) is 0.381. The molecule has 1 aliphatic heterocycles. The second-order valence-corrected chi connectivity index (χ2v) is 7.06. The van der Waals surface area contributed by atoms with Crippen LogP contribution >= 0.6 is 0 Å². The third kappa shape index (κ3) is 4.70. The molecule has 1 fully saturated rings. The first-order chi connectivity index (χ1) is 13.7. The van der Waals surface area contributed by atoms with Crippen molar-refractivity contribution in [3.63, 3.8) is 0 Å². The van der Waals surface area contributed by atoms with E-state index in [9.17, 15) is 27.5 Å². The number of aliphatic carboxylic acids is 1. The lowest BCUT2D eigenvalue weighted by Crippen LogP contribution is -2.39. The number of hydrogen-bond acceptors (Lipinski definition) is 3. The molecule has 29 heavy (non-hydrogen) atoms. The van der Waals surface area contributed by atoms with Crippen molar-refractivity contribution >= 4 is 5.97 Å². The molecule has 8 heteroatoms. The Labute approximate surface area is 165 Å². The molecule has 4 nitrogen and oxygen atoms in total. The molecule has 1 heterocycles. The largest absolute Gasteiger partial charge is 0.494 e. The molecule has 0 amide bonds. The van der Waals surface area contributed by atoms with Gasteiger partial charge in [0.1, 0.15) is 0 Å². The van der Waals surface area contributed by atoms with Gasteiger partial charge in [0.2, 0.25) is 0 Å². The average molecular weight is 411 g/mol. The second-order valence-electron chi connectivity index (χ2n) is 7.06. The number of benzene rings is 2. The Balaban J connectivity index is 1.96. The highest BCUT2D eigenvalue weighted by Gasteiger charge is 2.33. The van der Waals surface area contributed by atoms with Gasteiger partial charge >= 0.3 is 12.1 Å². The molecule has 0 radical (unpaired) electrons. The van der Waals surface area contributed by atoms with Crippen LogP contribution in [0.25, 0.3) is 0 Å². The van der Waals surface area contributed by atoms with Gasteiger partial charge in [-0.2, -0.15) is 13.2 Å². The quantitative estimate of drug-likeness (QED) is 0.723. The number of likely N-dealkylation sites (tertiary alicyclic amines) is 1. The zero-order valence-electron chi connectivity index (χ0n) is 15.7. The molecule has 1 N–H and O–H groups in total. The van der Waals surface area contributed by atoms with Crippen LogP contribution in [0.5, 0.6) is 5.75 Å². The van der Waals surface area contributed by atoms with Gasteiger partial charge in [-0.05, 0) is 61.3 Å². The van der Waals surface area contributed by atoms with Crippen LogP contribution in [0.2, 0.25) is 0 Å². The molecule has 1 saturated heterocycles. The summed E-state index contributed by atoms with van der Waals surface area (Å²) < 4.78 is 58.0. The normalized spacial score (nSPS) is 17.1. The molecule has 2 aromatic rings. The molecule has 156 valence electrons. The predicted molar refractivity (Wildman–Crippen MR) is 98.2 cm³/mol. The second kappa shape index (κ2) is 8.41. The number of rotatable bonds is 5.